The van der Waals surface area contributed by atoms with Gasteiger partial charge in [0.05, 0.1) is 19.8 Å². The van der Waals surface area contributed by atoms with Crippen molar-refractivity contribution in [2.45, 2.75) is 12.3 Å². The summed E-state index contributed by atoms with van der Waals surface area (Å²) in [4.78, 5) is 27.9. The molecule has 5 nitrogen and oxygen atoms in total. The largest absolute Gasteiger partial charge is 0.379 e. The zero-order valence-corrected chi connectivity index (χ0v) is 12.0. The lowest BCUT2D eigenvalue weighted by Crippen LogP contribution is -2.45. The summed E-state index contributed by atoms with van der Waals surface area (Å²) in [5.74, 6) is -0.00483. The molecule has 5 heteroatoms. The summed E-state index contributed by atoms with van der Waals surface area (Å²) in [6.45, 7) is 3.66. The van der Waals surface area contributed by atoms with E-state index in [0.29, 0.717) is 32.7 Å². The predicted octanol–water partition coefficient (Wildman–Crippen LogP) is 0.861. The highest BCUT2D eigenvalue weighted by Crippen LogP contribution is 2.28. The summed E-state index contributed by atoms with van der Waals surface area (Å²) in [6, 6.07) is 9.94. The molecule has 112 valence electrons. The normalized spacial score (nSPS) is 23.5. The minimum absolute atomic E-state index is 0.0536. The van der Waals surface area contributed by atoms with Gasteiger partial charge in [0, 0.05) is 32.0 Å². The zero-order valence-electron chi connectivity index (χ0n) is 12.0. The molecular weight excluding hydrogens is 268 g/mol. The summed E-state index contributed by atoms with van der Waals surface area (Å²) in [7, 11) is 0. The van der Waals surface area contributed by atoms with Crippen LogP contribution in [0.25, 0.3) is 0 Å². The summed E-state index contributed by atoms with van der Waals surface area (Å²) in [5.41, 5.74) is 1.13. The lowest BCUT2D eigenvalue weighted by Gasteiger charge is -2.27. The molecule has 2 aliphatic rings. The monoisotopic (exact) mass is 288 g/mol. The van der Waals surface area contributed by atoms with Crippen LogP contribution in [0.2, 0.25) is 0 Å². The molecular formula is C16H20N2O3. The molecule has 0 bridgehead atoms. The van der Waals surface area contributed by atoms with Gasteiger partial charge < -0.3 is 4.74 Å². The van der Waals surface area contributed by atoms with E-state index < -0.39 is 0 Å². The molecule has 0 spiro atoms. The number of ether oxygens (including phenoxy) is 1. The number of morpholine rings is 1. The van der Waals surface area contributed by atoms with Crippen LogP contribution < -0.4 is 0 Å². The third-order valence-electron chi connectivity index (χ3n) is 4.16. The SMILES string of the molecule is O=C1C[C@@H](c2ccccc2)CN1C(=O)CN1CCOCC1. The molecule has 3 rings (SSSR count). The van der Waals surface area contributed by atoms with Gasteiger partial charge in [0.15, 0.2) is 0 Å². The van der Waals surface area contributed by atoms with Crippen molar-refractivity contribution in [1.29, 1.82) is 0 Å². The van der Waals surface area contributed by atoms with Gasteiger partial charge in [-0.05, 0) is 5.56 Å². The van der Waals surface area contributed by atoms with Crippen LogP contribution in [0, 0.1) is 0 Å². The molecule has 0 unspecified atom stereocenters. The summed E-state index contributed by atoms with van der Waals surface area (Å²) in [6.07, 6.45) is 0.429. The van der Waals surface area contributed by atoms with E-state index in [1.165, 1.54) is 4.90 Å². The Hall–Kier alpha value is -1.72. The molecule has 21 heavy (non-hydrogen) atoms. The van der Waals surface area contributed by atoms with Crippen molar-refractivity contribution in [2.75, 3.05) is 39.4 Å². The average Bonchev–Trinajstić information content (AvgIpc) is 2.91. The molecule has 2 fully saturated rings. The Morgan fingerprint density at radius 3 is 2.62 bits per heavy atom. The Balaban J connectivity index is 1.60. The fourth-order valence-electron chi connectivity index (χ4n) is 2.93. The van der Waals surface area contributed by atoms with Crippen LogP contribution in [0.5, 0.6) is 0 Å². The summed E-state index contributed by atoms with van der Waals surface area (Å²) < 4.78 is 5.27. The number of amides is 2. The maximum absolute atomic E-state index is 12.3. The van der Waals surface area contributed by atoms with E-state index >= 15 is 0 Å². The van der Waals surface area contributed by atoms with Crippen LogP contribution >= 0.6 is 0 Å². The third-order valence-corrected chi connectivity index (χ3v) is 4.16. The topological polar surface area (TPSA) is 49.9 Å². The minimum atomic E-state index is -0.0830. The van der Waals surface area contributed by atoms with Crippen LogP contribution in [-0.4, -0.2) is 61.0 Å². The second kappa shape index (κ2) is 6.37. The lowest BCUT2D eigenvalue weighted by atomic mass is 9.99. The van der Waals surface area contributed by atoms with Crippen molar-refractivity contribution in [3.05, 3.63) is 35.9 Å². The standard InChI is InChI=1S/C16H20N2O3/c19-15-10-14(13-4-2-1-3-5-13)11-18(15)16(20)12-17-6-8-21-9-7-17/h1-5,14H,6-12H2/t14-/m1/s1. The second-order valence-corrected chi connectivity index (χ2v) is 5.60. The van der Waals surface area contributed by atoms with E-state index in [9.17, 15) is 9.59 Å². The van der Waals surface area contributed by atoms with Crippen molar-refractivity contribution in [2.24, 2.45) is 0 Å². The van der Waals surface area contributed by atoms with Gasteiger partial charge in [0.1, 0.15) is 0 Å². The molecule has 0 saturated carbocycles. The molecule has 2 aliphatic heterocycles. The van der Waals surface area contributed by atoms with Crippen molar-refractivity contribution >= 4 is 11.8 Å². The van der Waals surface area contributed by atoms with Crippen molar-refractivity contribution in [3.63, 3.8) is 0 Å². The van der Waals surface area contributed by atoms with E-state index in [1.807, 2.05) is 30.3 Å². The maximum Gasteiger partial charge on any atom is 0.243 e. The molecule has 0 aliphatic carbocycles. The van der Waals surface area contributed by atoms with E-state index in [4.69, 9.17) is 4.74 Å². The smallest absolute Gasteiger partial charge is 0.243 e. The van der Waals surface area contributed by atoms with E-state index in [2.05, 4.69) is 4.90 Å². The molecule has 2 amide bonds. The molecule has 1 aromatic rings. The number of rotatable bonds is 3. The first-order valence-electron chi connectivity index (χ1n) is 7.42. The number of benzene rings is 1. The van der Waals surface area contributed by atoms with Gasteiger partial charge in [-0.15, -0.1) is 0 Å². The van der Waals surface area contributed by atoms with Crippen LogP contribution in [0.4, 0.5) is 0 Å². The molecule has 1 atom stereocenters. The first kappa shape index (κ1) is 14.2. The molecule has 0 radical (unpaired) electrons. The Bertz CT molecular complexity index is 512. The fourth-order valence-corrected chi connectivity index (χ4v) is 2.93. The summed E-state index contributed by atoms with van der Waals surface area (Å²) in [5, 5.41) is 0. The second-order valence-electron chi connectivity index (χ2n) is 5.60. The maximum atomic E-state index is 12.3. The van der Waals surface area contributed by atoms with Crippen LogP contribution in [-0.2, 0) is 14.3 Å². The zero-order chi connectivity index (χ0) is 14.7. The van der Waals surface area contributed by atoms with E-state index in [1.54, 1.807) is 0 Å². The first-order chi connectivity index (χ1) is 10.2. The van der Waals surface area contributed by atoms with E-state index in [0.717, 1.165) is 18.7 Å². The quantitative estimate of drug-likeness (QED) is 0.828. The Labute approximate surface area is 124 Å². The molecule has 0 aromatic heterocycles. The van der Waals surface area contributed by atoms with Gasteiger partial charge in [0.2, 0.25) is 11.8 Å². The van der Waals surface area contributed by atoms with Gasteiger partial charge in [-0.3, -0.25) is 19.4 Å². The Kier molecular flexibility index (Phi) is 4.31. The van der Waals surface area contributed by atoms with Crippen molar-refractivity contribution in [1.82, 2.24) is 9.80 Å². The van der Waals surface area contributed by atoms with Crippen molar-refractivity contribution in [3.8, 4) is 0 Å². The highest BCUT2D eigenvalue weighted by molar-refractivity contribution is 5.98. The number of imide groups is 1. The van der Waals surface area contributed by atoms with Gasteiger partial charge in [-0.1, -0.05) is 30.3 Å². The van der Waals surface area contributed by atoms with Gasteiger partial charge in [-0.2, -0.15) is 0 Å². The van der Waals surface area contributed by atoms with Crippen LogP contribution in [0.1, 0.15) is 17.9 Å². The minimum Gasteiger partial charge on any atom is -0.379 e. The number of carbonyl (C=O) groups excluding carboxylic acids is 2. The average molecular weight is 288 g/mol. The van der Waals surface area contributed by atoms with Crippen LogP contribution in [0.15, 0.2) is 30.3 Å². The molecule has 0 N–H and O–H groups in total. The predicted molar refractivity (Wildman–Crippen MR) is 77.8 cm³/mol. The molecule has 1 aromatic carbocycles. The fraction of sp³-hybridized carbons (Fsp3) is 0.500. The number of hydrogen-bond acceptors (Lipinski definition) is 4. The third kappa shape index (κ3) is 3.31. The number of carbonyl (C=O) groups is 2. The number of nitrogens with zero attached hydrogens (tertiary/aromatic N) is 2. The Morgan fingerprint density at radius 2 is 1.90 bits per heavy atom. The van der Waals surface area contributed by atoms with Gasteiger partial charge in [-0.25, -0.2) is 0 Å². The Morgan fingerprint density at radius 1 is 1.19 bits per heavy atom. The number of hydrogen-bond donors (Lipinski definition) is 0. The highest BCUT2D eigenvalue weighted by atomic mass is 16.5. The summed E-state index contributed by atoms with van der Waals surface area (Å²) >= 11 is 0. The van der Waals surface area contributed by atoms with Crippen molar-refractivity contribution < 1.29 is 14.3 Å². The van der Waals surface area contributed by atoms with E-state index in [-0.39, 0.29) is 17.7 Å². The molecule has 2 saturated heterocycles. The first-order valence-corrected chi connectivity index (χ1v) is 7.42. The lowest BCUT2D eigenvalue weighted by molar-refractivity contribution is -0.143. The highest BCUT2D eigenvalue weighted by Gasteiger charge is 2.35. The molecule has 2 heterocycles. The number of likely N-dealkylation sites (tertiary alicyclic amines) is 1. The van der Waals surface area contributed by atoms with Gasteiger partial charge >= 0.3 is 0 Å². The van der Waals surface area contributed by atoms with Gasteiger partial charge in [0.25, 0.3) is 0 Å². The van der Waals surface area contributed by atoms with Crippen LogP contribution in [0.3, 0.4) is 0 Å².